The van der Waals surface area contributed by atoms with Gasteiger partial charge in [-0.25, -0.2) is 4.99 Å². The highest BCUT2D eigenvalue weighted by molar-refractivity contribution is 7.09. The predicted octanol–water partition coefficient (Wildman–Crippen LogP) is 2.36. The van der Waals surface area contributed by atoms with Gasteiger partial charge >= 0.3 is 0 Å². The molecule has 122 valence electrons. The minimum Gasteiger partial charge on any atom is -0.357 e. The maximum absolute atomic E-state index is 11.7. The van der Waals surface area contributed by atoms with Crippen molar-refractivity contribution in [1.29, 1.82) is 0 Å². The van der Waals surface area contributed by atoms with E-state index in [0.717, 1.165) is 24.6 Å². The fourth-order valence-corrected chi connectivity index (χ4v) is 2.70. The van der Waals surface area contributed by atoms with Crippen LogP contribution >= 0.6 is 11.3 Å². The minimum atomic E-state index is -0.0847. The molecule has 0 aliphatic heterocycles. The molecule has 1 heterocycles. The number of guanidine groups is 1. The SMILES string of the molecule is CCNC(=NCc1cccc(C(=O)NC)c1)NCc1cccs1. The highest BCUT2D eigenvalue weighted by Gasteiger charge is 2.04. The van der Waals surface area contributed by atoms with Crippen LogP contribution in [0.15, 0.2) is 46.8 Å². The molecular weight excluding hydrogens is 308 g/mol. The van der Waals surface area contributed by atoms with Gasteiger partial charge in [0.2, 0.25) is 0 Å². The van der Waals surface area contributed by atoms with E-state index < -0.39 is 0 Å². The molecule has 0 saturated carbocycles. The Morgan fingerprint density at radius 3 is 2.78 bits per heavy atom. The second kappa shape index (κ2) is 8.95. The van der Waals surface area contributed by atoms with Crippen molar-refractivity contribution in [2.75, 3.05) is 13.6 Å². The van der Waals surface area contributed by atoms with Crippen LogP contribution in [0.3, 0.4) is 0 Å². The number of carbonyl (C=O) groups is 1. The summed E-state index contributed by atoms with van der Waals surface area (Å²) in [7, 11) is 1.63. The van der Waals surface area contributed by atoms with E-state index in [1.807, 2.05) is 31.2 Å². The van der Waals surface area contributed by atoms with E-state index in [1.54, 1.807) is 24.5 Å². The highest BCUT2D eigenvalue weighted by Crippen LogP contribution is 2.08. The first-order valence-electron chi connectivity index (χ1n) is 7.58. The average Bonchev–Trinajstić information content (AvgIpc) is 3.10. The quantitative estimate of drug-likeness (QED) is 0.563. The fourth-order valence-electron chi connectivity index (χ4n) is 2.05. The lowest BCUT2D eigenvalue weighted by atomic mass is 10.1. The zero-order valence-corrected chi connectivity index (χ0v) is 14.2. The molecule has 23 heavy (non-hydrogen) atoms. The van der Waals surface area contributed by atoms with Crippen LogP contribution in [0.5, 0.6) is 0 Å². The van der Waals surface area contributed by atoms with Crippen molar-refractivity contribution in [3.8, 4) is 0 Å². The summed E-state index contributed by atoms with van der Waals surface area (Å²) >= 11 is 1.72. The van der Waals surface area contributed by atoms with Crippen LogP contribution in [0.2, 0.25) is 0 Å². The molecule has 0 unspecified atom stereocenters. The summed E-state index contributed by atoms with van der Waals surface area (Å²) < 4.78 is 0. The van der Waals surface area contributed by atoms with Gasteiger partial charge in [-0.3, -0.25) is 4.79 Å². The highest BCUT2D eigenvalue weighted by atomic mass is 32.1. The smallest absolute Gasteiger partial charge is 0.251 e. The number of nitrogens with zero attached hydrogens (tertiary/aromatic N) is 1. The molecule has 0 aliphatic rings. The molecule has 1 aromatic heterocycles. The normalized spacial score (nSPS) is 11.1. The number of hydrogen-bond donors (Lipinski definition) is 3. The van der Waals surface area contributed by atoms with Crippen LogP contribution < -0.4 is 16.0 Å². The number of rotatable bonds is 6. The molecule has 0 radical (unpaired) electrons. The lowest BCUT2D eigenvalue weighted by molar-refractivity contribution is 0.0963. The van der Waals surface area contributed by atoms with Gasteiger partial charge in [0.1, 0.15) is 0 Å². The number of hydrogen-bond acceptors (Lipinski definition) is 3. The van der Waals surface area contributed by atoms with Crippen LogP contribution in [0, 0.1) is 0 Å². The number of carbonyl (C=O) groups excluding carboxylic acids is 1. The van der Waals surface area contributed by atoms with Gasteiger partial charge in [-0.1, -0.05) is 18.2 Å². The Hall–Kier alpha value is -2.34. The van der Waals surface area contributed by atoms with Gasteiger partial charge in [0.15, 0.2) is 5.96 Å². The van der Waals surface area contributed by atoms with Crippen molar-refractivity contribution in [2.45, 2.75) is 20.0 Å². The van der Waals surface area contributed by atoms with Crippen molar-refractivity contribution < 1.29 is 4.79 Å². The lowest BCUT2D eigenvalue weighted by Gasteiger charge is -2.10. The van der Waals surface area contributed by atoms with Gasteiger partial charge in [0.05, 0.1) is 13.1 Å². The molecule has 2 rings (SSSR count). The van der Waals surface area contributed by atoms with Crippen molar-refractivity contribution in [1.82, 2.24) is 16.0 Å². The molecule has 5 nitrogen and oxygen atoms in total. The Balaban J connectivity index is 2.00. The van der Waals surface area contributed by atoms with Crippen LogP contribution in [-0.4, -0.2) is 25.5 Å². The number of aliphatic imine (C=N–C) groups is 1. The molecule has 0 saturated heterocycles. The molecule has 0 aliphatic carbocycles. The topological polar surface area (TPSA) is 65.5 Å². The third kappa shape index (κ3) is 5.41. The maximum atomic E-state index is 11.7. The molecule has 1 aromatic carbocycles. The summed E-state index contributed by atoms with van der Waals surface area (Å²) in [6, 6.07) is 11.6. The second-order valence-corrected chi connectivity index (χ2v) is 5.94. The van der Waals surface area contributed by atoms with Crippen LogP contribution in [-0.2, 0) is 13.1 Å². The zero-order chi connectivity index (χ0) is 16.5. The third-order valence-electron chi connectivity index (χ3n) is 3.19. The summed E-state index contributed by atoms with van der Waals surface area (Å²) in [5.41, 5.74) is 1.65. The molecule has 0 bridgehead atoms. The molecular formula is C17H22N4OS. The summed E-state index contributed by atoms with van der Waals surface area (Å²) in [6.45, 7) is 4.11. The fraction of sp³-hybridized carbons (Fsp3) is 0.294. The van der Waals surface area contributed by atoms with Crippen LogP contribution in [0.1, 0.15) is 27.7 Å². The standard InChI is InChI=1S/C17H22N4OS/c1-3-19-17(21-12-15-8-5-9-23-15)20-11-13-6-4-7-14(10-13)16(22)18-2/h4-10H,3,11-12H2,1-2H3,(H,18,22)(H2,19,20,21). The molecule has 0 atom stereocenters. The Bertz CT molecular complexity index is 652. The Morgan fingerprint density at radius 2 is 2.09 bits per heavy atom. The first-order chi connectivity index (χ1) is 11.2. The molecule has 1 amide bonds. The van der Waals surface area contributed by atoms with E-state index in [-0.39, 0.29) is 5.91 Å². The van der Waals surface area contributed by atoms with Gasteiger partial charge in [0, 0.05) is 24.0 Å². The van der Waals surface area contributed by atoms with Crippen molar-refractivity contribution in [3.63, 3.8) is 0 Å². The van der Waals surface area contributed by atoms with Gasteiger partial charge in [-0.2, -0.15) is 0 Å². The molecule has 0 spiro atoms. The summed E-state index contributed by atoms with van der Waals surface area (Å²) in [5, 5.41) is 11.2. The number of nitrogens with one attached hydrogen (secondary N) is 3. The van der Waals surface area contributed by atoms with Gasteiger partial charge in [0.25, 0.3) is 5.91 Å². The van der Waals surface area contributed by atoms with E-state index in [0.29, 0.717) is 12.1 Å². The average molecular weight is 330 g/mol. The Labute approximate surface area is 140 Å². The van der Waals surface area contributed by atoms with Crippen molar-refractivity contribution >= 4 is 23.2 Å². The largest absolute Gasteiger partial charge is 0.357 e. The van der Waals surface area contributed by atoms with Gasteiger partial charge in [-0.05, 0) is 36.1 Å². The molecule has 2 aromatic rings. The van der Waals surface area contributed by atoms with E-state index >= 15 is 0 Å². The van der Waals surface area contributed by atoms with E-state index in [4.69, 9.17) is 0 Å². The lowest BCUT2D eigenvalue weighted by Crippen LogP contribution is -2.36. The van der Waals surface area contributed by atoms with E-state index in [1.165, 1.54) is 4.88 Å². The summed E-state index contributed by atoms with van der Waals surface area (Å²) in [5.74, 6) is 0.685. The first-order valence-corrected chi connectivity index (χ1v) is 8.46. The minimum absolute atomic E-state index is 0.0847. The van der Waals surface area contributed by atoms with E-state index in [2.05, 4.69) is 32.4 Å². The number of benzene rings is 1. The van der Waals surface area contributed by atoms with Crippen molar-refractivity contribution in [2.24, 2.45) is 4.99 Å². The van der Waals surface area contributed by atoms with Gasteiger partial charge in [-0.15, -0.1) is 11.3 Å². The predicted molar refractivity (Wildman–Crippen MR) is 95.8 cm³/mol. The number of amides is 1. The Kier molecular flexibility index (Phi) is 6.62. The Morgan fingerprint density at radius 1 is 1.22 bits per heavy atom. The van der Waals surface area contributed by atoms with Crippen LogP contribution in [0.4, 0.5) is 0 Å². The first kappa shape index (κ1) is 17.0. The van der Waals surface area contributed by atoms with Crippen LogP contribution in [0.25, 0.3) is 0 Å². The maximum Gasteiger partial charge on any atom is 0.251 e. The van der Waals surface area contributed by atoms with Gasteiger partial charge < -0.3 is 16.0 Å². The third-order valence-corrected chi connectivity index (χ3v) is 4.07. The number of thiophene rings is 1. The second-order valence-electron chi connectivity index (χ2n) is 4.91. The van der Waals surface area contributed by atoms with Crippen molar-refractivity contribution in [3.05, 3.63) is 57.8 Å². The summed E-state index contributed by atoms with van der Waals surface area (Å²) in [4.78, 5) is 17.5. The molecule has 0 fully saturated rings. The monoisotopic (exact) mass is 330 g/mol. The van der Waals surface area contributed by atoms with E-state index in [9.17, 15) is 4.79 Å². The molecule has 6 heteroatoms. The summed E-state index contributed by atoms with van der Waals surface area (Å²) in [6.07, 6.45) is 0. The zero-order valence-electron chi connectivity index (χ0n) is 13.4. The molecule has 3 N–H and O–H groups in total.